The second kappa shape index (κ2) is 8.74. The molecule has 130 valence electrons. The first-order valence-electron chi connectivity index (χ1n) is 8.26. The Hall–Kier alpha value is -3.00. The maximum absolute atomic E-state index is 12.3. The predicted octanol–water partition coefficient (Wildman–Crippen LogP) is 3.43. The van der Waals surface area contributed by atoms with Gasteiger partial charge in [0.2, 0.25) is 0 Å². The van der Waals surface area contributed by atoms with Crippen LogP contribution in [-0.4, -0.2) is 29.1 Å². The predicted molar refractivity (Wildman–Crippen MR) is 97.0 cm³/mol. The van der Waals surface area contributed by atoms with Crippen LogP contribution in [0.1, 0.15) is 30.0 Å². The zero-order valence-corrected chi connectivity index (χ0v) is 14.6. The number of hydrogen-bond acceptors (Lipinski definition) is 3. The quantitative estimate of drug-likeness (QED) is 0.848. The molecular weight excluding hydrogens is 314 g/mol. The summed E-state index contributed by atoms with van der Waals surface area (Å²) in [5.41, 5.74) is 2.64. The van der Waals surface area contributed by atoms with Crippen molar-refractivity contribution in [2.75, 3.05) is 7.05 Å². The van der Waals surface area contributed by atoms with Crippen molar-refractivity contribution in [1.29, 1.82) is 5.26 Å². The molecule has 0 heterocycles. The van der Waals surface area contributed by atoms with Gasteiger partial charge in [0.15, 0.2) is 0 Å². The number of hydrogen-bond donors (Lipinski definition) is 2. The third-order valence-electron chi connectivity index (χ3n) is 3.99. The molecule has 5 nitrogen and oxygen atoms in total. The summed E-state index contributed by atoms with van der Waals surface area (Å²) in [6, 6.07) is 16.4. The highest BCUT2D eigenvalue weighted by molar-refractivity contribution is 5.74. The Morgan fingerprint density at radius 2 is 1.96 bits per heavy atom. The average molecular weight is 337 g/mol. The maximum Gasteiger partial charge on any atom is 0.317 e. The molecule has 0 aliphatic heterocycles. The first kappa shape index (κ1) is 18.3. The van der Waals surface area contributed by atoms with Gasteiger partial charge < -0.3 is 15.3 Å². The monoisotopic (exact) mass is 337 g/mol. The number of carbonyl (C=O) groups is 1. The molecule has 0 fully saturated rings. The maximum atomic E-state index is 12.3. The smallest absolute Gasteiger partial charge is 0.317 e. The highest BCUT2D eigenvalue weighted by Gasteiger charge is 2.12. The van der Waals surface area contributed by atoms with Crippen molar-refractivity contribution < 1.29 is 9.90 Å². The van der Waals surface area contributed by atoms with Gasteiger partial charge in [-0.3, -0.25) is 0 Å². The summed E-state index contributed by atoms with van der Waals surface area (Å²) in [5.74, 6) is 0.257. The van der Waals surface area contributed by atoms with E-state index in [0.717, 1.165) is 24.0 Å². The molecule has 25 heavy (non-hydrogen) atoms. The van der Waals surface area contributed by atoms with E-state index in [-0.39, 0.29) is 17.8 Å². The molecule has 2 amide bonds. The third kappa shape index (κ3) is 5.85. The number of aromatic hydroxyl groups is 1. The van der Waals surface area contributed by atoms with Crippen LogP contribution < -0.4 is 5.32 Å². The van der Waals surface area contributed by atoms with Gasteiger partial charge in [0.25, 0.3) is 0 Å². The Morgan fingerprint density at radius 1 is 1.24 bits per heavy atom. The van der Waals surface area contributed by atoms with Gasteiger partial charge >= 0.3 is 6.03 Å². The number of nitriles is 1. The summed E-state index contributed by atoms with van der Waals surface area (Å²) in [4.78, 5) is 13.9. The lowest BCUT2D eigenvalue weighted by Crippen LogP contribution is -2.41. The Kier molecular flexibility index (Phi) is 6.41. The van der Waals surface area contributed by atoms with Gasteiger partial charge in [-0.2, -0.15) is 5.26 Å². The van der Waals surface area contributed by atoms with E-state index in [1.165, 1.54) is 0 Å². The van der Waals surface area contributed by atoms with E-state index in [1.54, 1.807) is 36.2 Å². The van der Waals surface area contributed by atoms with Crippen LogP contribution in [-0.2, 0) is 13.0 Å². The summed E-state index contributed by atoms with van der Waals surface area (Å²) in [6.07, 6.45) is 1.64. The standard InChI is InChI=1S/C20H23N3O2/c1-15(6-7-16-8-10-19(24)11-9-16)22-20(25)23(2)14-18-5-3-4-17(12-18)13-21/h3-5,8-12,15,24H,6-7,14H2,1-2H3,(H,22,25). The number of nitrogens with one attached hydrogen (secondary N) is 1. The van der Waals surface area contributed by atoms with E-state index in [1.807, 2.05) is 31.2 Å². The van der Waals surface area contributed by atoms with Crippen LogP contribution in [0.2, 0.25) is 0 Å². The van der Waals surface area contributed by atoms with E-state index < -0.39 is 0 Å². The largest absolute Gasteiger partial charge is 0.508 e. The summed E-state index contributed by atoms with van der Waals surface area (Å²) < 4.78 is 0. The molecule has 0 spiro atoms. The van der Waals surface area contributed by atoms with Crippen LogP contribution in [0.25, 0.3) is 0 Å². The van der Waals surface area contributed by atoms with Crippen LogP contribution >= 0.6 is 0 Å². The van der Waals surface area contributed by atoms with E-state index in [2.05, 4.69) is 11.4 Å². The van der Waals surface area contributed by atoms with Gasteiger partial charge in [0.1, 0.15) is 5.75 Å². The zero-order chi connectivity index (χ0) is 18.2. The minimum atomic E-state index is -0.138. The molecule has 0 bridgehead atoms. The molecule has 0 saturated heterocycles. The van der Waals surface area contributed by atoms with Gasteiger partial charge in [0.05, 0.1) is 11.6 Å². The molecule has 5 heteroatoms. The van der Waals surface area contributed by atoms with Crippen molar-refractivity contribution in [2.24, 2.45) is 0 Å². The molecule has 0 aromatic heterocycles. The minimum Gasteiger partial charge on any atom is -0.508 e. The highest BCUT2D eigenvalue weighted by Crippen LogP contribution is 2.12. The fraction of sp³-hybridized carbons (Fsp3) is 0.300. The highest BCUT2D eigenvalue weighted by atomic mass is 16.3. The number of phenols is 1. The van der Waals surface area contributed by atoms with E-state index in [9.17, 15) is 9.90 Å². The molecule has 1 atom stereocenters. The summed E-state index contributed by atoms with van der Waals surface area (Å²) in [7, 11) is 1.74. The molecule has 2 aromatic rings. The molecule has 2 rings (SSSR count). The Balaban J connectivity index is 1.81. The van der Waals surface area contributed by atoms with E-state index >= 15 is 0 Å². The molecular formula is C20H23N3O2. The fourth-order valence-electron chi connectivity index (χ4n) is 2.52. The molecule has 1 unspecified atom stereocenters. The molecule has 0 saturated carbocycles. The molecule has 0 radical (unpaired) electrons. The van der Waals surface area contributed by atoms with Gasteiger partial charge in [-0.1, -0.05) is 24.3 Å². The molecule has 0 aliphatic rings. The van der Waals surface area contributed by atoms with Crippen LogP contribution in [0.4, 0.5) is 4.79 Å². The summed E-state index contributed by atoms with van der Waals surface area (Å²) >= 11 is 0. The second-order valence-corrected chi connectivity index (χ2v) is 6.22. The number of nitrogens with zero attached hydrogens (tertiary/aromatic N) is 2. The van der Waals surface area contributed by atoms with Crippen molar-refractivity contribution in [2.45, 2.75) is 32.4 Å². The van der Waals surface area contributed by atoms with Gasteiger partial charge in [0, 0.05) is 19.6 Å². The van der Waals surface area contributed by atoms with Crippen LogP contribution in [0.15, 0.2) is 48.5 Å². The first-order chi connectivity index (χ1) is 12.0. The van der Waals surface area contributed by atoms with E-state index in [0.29, 0.717) is 12.1 Å². The van der Waals surface area contributed by atoms with Gasteiger partial charge in [-0.05, 0) is 55.2 Å². The summed E-state index contributed by atoms with van der Waals surface area (Å²) in [6.45, 7) is 2.43. The zero-order valence-electron chi connectivity index (χ0n) is 14.6. The average Bonchev–Trinajstić information content (AvgIpc) is 2.61. The number of amides is 2. The number of carbonyl (C=O) groups excluding carboxylic acids is 1. The second-order valence-electron chi connectivity index (χ2n) is 6.22. The van der Waals surface area contributed by atoms with Gasteiger partial charge in [-0.25, -0.2) is 4.79 Å². The van der Waals surface area contributed by atoms with Crippen molar-refractivity contribution in [3.05, 3.63) is 65.2 Å². The Morgan fingerprint density at radius 3 is 2.64 bits per heavy atom. The van der Waals surface area contributed by atoms with Crippen molar-refractivity contribution >= 4 is 6.03 Å². The Bertz CT molecular complexity index is 750. The number of rotatable bonds is 6. The number of aryl methyl sites for hydroxylation is 1. The number of phenolic OH excluding ortho intramolecular Hbond substituents is 1. The van der Waals surface area contributed by atoms with Gasteiger partial charge in [-0.15, -0.1) is 0 Å². The SMILES string of the molecule is CC(CCc1ccc(O)cc1)NC(=O)N(C)Cc1cccc(C#N)c1. The van der Waals surface area contributed by atoms with Crippen LogP contribution in [0.3, 0.4) is 0 Å². The molecule has 2 N–H and O–H groups in total. The molecule has 0 aliphatic carbocycles. The normalized spacial score (nSPS) is 11.4. The first-order valence-corrected chi connectivity index (χ1v) is 8.26. The van der Waals surface area contributed by atoms with E-state index in [4.69, 9.17) is 5.26 Å². The lowest BCUT2D eigenvalue weighted by Gasteiger charge is -2.21. The topological polar surface area (TPSA) is 76.4 Å². The summed E-state index contributed by atoms with van der Waals surface area (Å²) in [5, 5.41) is 21.2. The van der Waals surface area contributed by atoms with Crippen molar-refractivity contribution in [1.82, 2.24) is 10.2 Å². The molecule has 2 aromatic carbocycles. The Labute approximate surface area is 148 Å². The lowest BCUT2D eigenvalue weighted by molar-refractivity contribution is 0.203. The number of benzene rings is 2. The van der Waals surface area contributed by atoms with Crippen LogP contribution in [0, 0.1) is 11.3 Å². The number of urea groups is 1. The third-order valence-corrected chi connectivity index (χ3v) is 3.99. The van der Waals surface area contributed by atoms with Crippen LogP contribution in [0.5, 0.6) is 5.75 Å². The minimum absolute atomic E-state index is 0.0363. The van der Waals surface area contributed by atoms with Crippen molar-refractivity contribution in [3.63, 3.8) is 0 Å². The fourth-order valence-corrected chi connectivity index (χ4v) is 2.52. The lowest BCUT2D eigenvalue weighted by atomic mass is 10.1. The van der Waals surface area contributed by atoms with Crippen molar-refractivity contribution in [3.8, 4) is 11.8 Å².